The molecule has 8 nitrogen and oxygen atoms in total. The number of rotatable bonds is 1. The number of aromatic nitrogens is 8. The van der Waals surface area contributed by atoms with Crippen LogP contribution in [0, 0.1) is 69.2 Å². The van der Waals surface area contributed by atoms with Crippen molar-refractivity contribution >= 4 is 88.6 Å². The van der Waals surface area contributed by atoms with Gasteiger partial charge in [0.15, 0.2) is 0 Å². The van der Waals surface area contributed by atoms with Gasteiger partial charge in [-0.3, -0.25) is 0 Å². The van der Waals surface area contributed by atoms with Crippen LogP contribution in [0.1, 0.15) is 131 Å². The van der Waals surface area contributed by atoms with E-state index in [1.165, 1.54) is 77.9 Å². The fourth-order valence-electron chi connectivity index (χ4n) is 9.91. The fraction of sp³-hybridized carbons (Fsp3) is 0.291. The highest BCUT2D eigenvalue weighted by molar-refractivity contribution is 6.09. The van der Waals surface area contributed by atoms with Crippen molar-refractivity contribution in [1.82, 2.24) is 39.9 Å². The zero-order valence-corrected chi connectivity index (χ0v) is 39.7. The van der Waals surface area contributed by atoms with E-state index in [1.54, 1.807) is 0 Å². The summed E-state index contributed by atoms with van der Waals surface area (Å²) in [5.41, 5.74) is 37.6. The molecule has 0 atom stereocenters. The lowest BCUT2D eigenvalue weighted by molar-refractivity contribution is 1.28. The van der Waals surface area contributed by atoms with E-state index in [0.29, 0.717) is 0 Å². The number of aromatic amines is 5. The van der Waals surface area contributed by atoms with E-state index in [0.717, 1.165) is 112 Å². The summed E-state index contributed by atoms with van der Waals surface area (Å²) in [7, 11) is 0. The van der Waals surface area contributed by atoms with E-state index in [2.05, 4.69) is 166 Å². The molecule has 3 aliphatic rings. The predicted molar refractivity (Wildman–Crippen MR) is 268 cm³/mol. The van der Waals surface area contributed by atoms with E-state index in [9.17, 15) is 0 Å². The molecule has 16 bridgehead atoms. The van der Waals surface area contributed by atoms with Crippen LogP contribution in [-0.2, 0) is 0 Å². The highest BCUT2D eigenvalue weighted by Crippen LogP contribution is 2.45. The molecule has 5 N–H and O–H groups in total. The molecule has 7 aromatic rings. The molecule has 0 aliphatic carbocycles. The standard InChI is InChI=1S/C55H58N8/c1-22-24(3)40-18-42-26(5)32(11)50(58-42)48(51-33(12)27(6)43(59-51)19-41-25(4)23(2)39(57-41)17-38(22)56-40)49-52-34(13)28(7)44(60-52)20-46-30(9)36(15)54(62-46)55-37(16)31(10)47(63-55)21-45-29(8)35(14)53(49)61-45/h17-21,56,59-62H,1-16H3. The van der Waals surface area contributed by atoms with Crippen molar-refractivity contribution in [2.75, 3.05) is 0 Å². The van der Waals surface area contributed by atoms with Crippen LogP contribution >= 0.6 is 0 Å². The average molecular weight is 831 g/mol. The second kappa shape index (κ2) is 13.9. The highest BCUT2D eigenvalue weighted by Gasteiger charge is 2.26. The molecule has 0 fully saturated rings. The minimum Gasteiger partial charge on any atom is -0.355 e. The Morgan fingerprint density at radius 1 is 0.254 bits per heavy atom. The summed E-state index contributed by atoms with van der Waals surface area (Å²) >= 11 is 0. The molecule has 318 valence electrons. The Balaban J connectivity index is 1.49. The van der Waals surface area contributed by atoms with Crippen LogP contribution in [-0.4, -0.2) is 39.9 Å². The van der Waals surface area contributed by atoms with Crippen LogP contribution in [0.4, 0.5) is 0 Å². The molecular formula is C55H58N8. The van der Waals surface area contributed by atoms with Gasteiger partial charge in [-0.05, 0) is 230 Å². The number of fused-ring (bicyclic) bond motifs is 17. The molecule has 0 amide bonds. The van der Waals surface area contributed by atoms with Gasteiger partial charge in [-0.25, -0.2) is 15.0 Å². The third-order valence-electron chi connectivity index (χ3n) is 15.6. The van der Waals surface area contributed by atoms with Gasteiger partial charge in [-0.15, -0.1) is 0 Å². The summed E-state index contributed by atoms with van der Waals surface area (Å²) in [6.45, 7) is 35.4. The minimum absolute atomic E-state index is 0.951. The zero-order valence-electron chi connectivity index (χ0n) is 39.7. The molecule has 3 aliphatic heterocycles. The quantitative estimate of drug-likeness (QED) is 0.113. The summed E-state index contributed by atoms with van der Waals surface area (Å²) in [5, 5.41) is 0. The average Bonchev–Trinajstić information content (AvgIpc) is 4.11. The molecule has 0 saturated heterocycles. The fourth-order valence-corrected chi connectivity index (χ4v) is 9.91. The van der Waals surface area contributed by atoms with Crippen molar-refractivity contribution in [3.63, 3.8) is 0 Å². The number of hydrogen-bond donors (Lipinski definition) is 5. The number of nitrogens with one attached hydrogen (secondary N) is 5. The molecule has 10 rings (SSSR count). The Labute approximate surface area is 369 Å². The smallest absolute Gasteiger partial charge is 0.0907 e. The van der Waals surface area contributed by atoms with Crippen LogP contribution in [0.3, 0.4) is 0 Å². The first kappa shape index (κ1) is 40.4. The minimum atomic E-state index is 0.951. The summed E-state index contributed by atoms with van der Waals surface area (Å²) < 4.78 is 0. The second-order valence-corrected chi connectivity index (χ2v) is 18.7. The van der Waals surface area contributed by atoms with E-state index < -0.39 is 0 Å². The van der Waals surface area contributed by atoms with Crippen molar-refractivity contribution in [3.8, 4) is 11.1 Å². The Morgan fingerprint density at radius 3 is 0.984 bits per heavy atom. The van der Waals surface area contributed by atoms with E-state index in [1.807, 2.05) is 0 Å². The van der Waals surface area contributed by atoms with Crippen molar-refractivity contribution in [1.29, 1.82) is 0 Å². The lowest BCUT2D eigenvalue weighted by Crippen LogP contribution is -1.93. The van der Waals surface area contributed by atoms with Crippen LogP contribution in [0.15, 0.2) is 30.3 Å². The van der Waals surface area contributed by atoms with Crippen LogP contribution < -0.4 is 0 Å². The van der Waals surface area contributed by atoms with Crippen LogP contribution in [0.5, 0.6) is 0 Å². The molecule has 0 radical (unpaired) electrons. The van der Waals surface area contributed by atoms with Crippen molar-refractivity contribution in [3.05, 3.63) is 120 Å². The Morgan fingerprint density at radius 2 is 0.540 bits per heavy atom. The van der Waals surface area contributed by atoms with Gasteiger partial charge in [-0.2, -0.15) is 0 Å². The Hall–Kier alpha value is -6.67. The predicted octanol–water partition coefficient (Wildman–Crippen LogP) is 14.8. The number of H-pyrrole nitrogens is 5. The SMILES string of the molecule is CC1=C(C)c2cc3[nH]c(c(C)c3C)c(-c3c4[nH]c(cc5nc(c6[nH]c(cc7[nH]c3c(C)c7C)c(C)c6C)C(C)=C5C)c(C)c4C)c3nc(cc4[nH]c(cc1n2)c(C)c4C)C(C)=C3C. The maximum absolute atomic E-state index is 5.68. The molecule has 63 heavy (non-hydrogen) atoms. The van der Waals surface area contributed by atoms with Gasteiger partial charge in [0.05, 0.1) is 56.2 Å². The third-order valence-corrected chi connectivity index (χ3v) is 15.6. The van der Waals surface area contributed by atoms with E-state index >= 15 is 0 Å². The normalized spacial score (nSPS) is 13.8. The van der Waals surface area contributed by atoms with Crippen LogP contribution in [0.25, 0.3) is 99.7 Å². The van der Waals surface area contributed by atoms with Crippen molar-refractivity contribution < 1.29 is 0 Å². The van der Waals surface area contributed by atoms with Gasteiger partial charge in [-0.1, -0.05) is 0 Å². The molecule has 0 saturated carbocycles. The first-order chi connectivity index (χ1) is 29.9. The van der Waals surface area contributed by atoms with Gasteiger partial charge in [0.1, 0.15) is 0 Å². The zero-order chi connectivity index (χ0) is 44.8. The van der Waals surface area contributed by atoms with Gasteiger partial charge in [0.2, 0.25) is 0 Å². The summed E-state index contributed by atoms with van der Waals surface area (Å²) in [5.74, 6) is 0. The van der Waals surface area contributed by atoms with Gasteiger partial charge in [0.25, 0.3) is 0 Å². The summed E-state index contributed by atoms with van der Waals surface area (Å²) in [4.78, 5) is 36.0. The molecule has 10 heterocycles. The van der Waals surface area contributed by atoms with Crippen molar-refractivity contribution in [2.45, 2.75) is 111 Å². The van der Waals surface area contributed by atoms with Gasteiger partial charge >= 0.3 is 0 Å². The second-order valence-electron chi connectivity index (χ2n) is 18.7. The van der Waals surface area contributed by atoms with E-state index in [4.69, 9.17) is 15.0 Å². The van der Waals surface area contributed by atoms with Gasteiger partial charge in [0, 0.05) is 44.2 Å². The number of aryl methyl sites for hydroxylation is 10. The topological polar surface area (TPSA) is 118 Å². The lowest BCUT2D eigenvalue weighted by Gasteiger charge is -2.11. The number of hydrogen-bond acceptors (Lipinski definition) is 3. The Kier molecular flexibility index (Phi) is 8.93. The highest BCUT2D eigenvalue weighted by atomic mass is 14.8. The summed E-state index contributed by atoms with van der Waals surface area (Å²) in [6, 6.07) is 11.2. The van der Waals surface area contributed by atoms with Crippen LogP contribution in [0.2, 0.25) is 0 Å². The molecule has 8 heteroatoms. The Bertz CT molecular complexity index is 3670. The van der Waals surface area contributed by atoms with E-state index in [-0.39, 0.29) is 0 Å². The maximum Gasteiger partial charge on any atom is 0.0907 e. The lowest BCUT2D eigenvalue weighted by atomic mass is 9.94. The summed E-state index contributed by atoms with van der Waals surface area (Å²) in [6.07, 6.45) is 0. The third kappa shape index (κ3) is 5.76. The van der Waals surface area contributed by atoms with Crippen molar-refractivity contribution in [2.24, 2.45) is 0 Å². The molecule has 0 unspecified atom stereocenters. The first-order valence-corrected chi connectivity index (χ1v) is 22.2. The molecule has 0 aromatic carbocycles. The number of allylic oxidation sites excluding steroid dienone is 6. The maximum atomic E-state index is 5.68. The first-order valence-electron chi connectivity index (χ1n) is 22.2. The van der Waals surface area contributed by atoms with Gasteiger partial charge < -0.3 is 24.9 Å². The molecule has 0 spiro atoms. The number of nitrogens with zero attached hydrogens (tertiary/aromatic N) is 3. The molecule has 7 aromatic heterocycles. The largest absolute Gasteiger partial charge is 0.355 e. The monoisotopic (exact) mass is 830 g/mol. The molecular weight excluding hydrogens is 773 g/mol.